The quantitative estimate of drug-likeness (QED) is 0.695. The summed E-state index contributed by atoms with van der Waals surface area (Å²) in [6.07, 6.45) is 0.0693. The number of nitrogens with zero attached hydrogens (tertiary/aromatic N) is 2. The fourth-order valence-electron chi connectivity index (χ4n) is 3.18. The summed E-state index contributed by atoms with van der Waals surface area (Å²) in [5.74, 6) is -0.369. The first-order valence-electron chi connectivity index (χ1n) is 9.84. The number of carbonyl (C=O) groups is 3. The fraction of sp³-hybridized carbons (Fsp3) is 0.304. The Morgan fingerprint density at radius 3 is 2.60 bits per heavy atom. The van der Waals surface area contributed by atoms with E-state index < -0.39 is 5.25 Å². The minimum Gasteiger partial charge on any atom is -0.326 e. The summed E-state index contributed by atoms with van der Waals surface area (Å²) >= 11 is 1.29. The molecule has 2 aromatic rings. The van der Waals surface area contributed by atoms with Gasteiger partial charge in [0.15, 0.2) is 11.0 Å². The van der Waals surface area contributed by atoms with Gasteiger partial charge in [-0.05, 0) is 57.0 Å². The molecule has 1 aliphatic heterocycles. The van der Waals surface area contributed by atoms with Gasteiger partial charge < -0.3 is 5.32 Å². The zero-order chi connectivity index (χ0) is 21.8. The lowest BCUT2D eigenvalue weighted by Crippen LogP contribution is -2.33. The molecule has 1 aliphatic rings. The van der Waals surface area contributed by atoms with Gasteiger partial charge in [-0.25, -0.2) is 4.99 Å². The molecule has 0 spiro atoms. The third-order valence-electron chi connectivity index (χ3n) is 5.06. The average molecular weight is 424 g/mol. The van der Waals surface area contributed by atoms with Crippen molar-refractivity contribution in [3.05, 3.63) is 59.2 Å². The Morgan fingerprint density at radius 1 is 1.17 bits per heavy atom. The number of ketones is 1. The van der Waals surface area contributed by atoms with Crippen LogP contribution in [0.4, 0.5) is 11.4 Å². The van der Waals surface area contributed by atoms with Crippen molar-refractivity contribution in [3.63, 3.8) is 0 Å². The number of aliphatic imine (C=N–C) groups is 1. The molecule has 1 fully saturated rings. The average Bonchev–Trinajstić information content (AvgIpc) is 2.99. The summed E-state index contributed by atoms with van der Waals surface area (Å²) in [5.41, 5.74) is 4.05. The number of nitrogens with one attached hydrogen (secondary N) is 1. The molecule has 1 atom stereocenters. The van der Waals surface area contributed by atoms with Gasteiger partial charge in [0.25, 0.3) is 0 Å². The van der Waals surface area contributed by atoms with Gasteiger partial charge in [0.1, 0.15) is 5.25 Å². The molecular formula is C23H25N3O3S. The van der Waals surface area contributed by atoms with E-state index in [9.17, 15) is 14.4 Å². The van der Waals surface area contributed by atoms with Crippen molar-refractivity contribution < 1.29 is 14.4 Å². The zero-order valence-corrected chi connectivity index (χ0v) is 18.4. The highest BCUT2D eigenvalue weighted by Gasteiger charge is 2.38. The molecule has 3 rings (SSSR count). The van der Waals surface area contributed by atoms with Crippen molar-refractivity contribution in [1.29, 1.82) is 0 Å². The van der Waals surface area contributed by atoms with Crippen LogP contribution < -0.4 is 5.32 Å². The van der Waals surface area contributed by atoms with E-state index >= 15 is 0 Å². The van der Waals surface area contributed by atoms with Crippen LogP contribution in [0.5, 0.6) is 0 Å². The van der Waals surface area contributed by atoms with Crippen molar-refractivity contribution in [2.45, 2.75) is 39.4 Å². The molecular weight excluding hydrogens is 398 g/mol. The van der Waals surface area contributed by atoms with E-state index in [0.29, 0.717) is 23.0 Å². The molecule has 0 saturated carbocycles. The topological polar surface area (TPSA) is 78.8 Å². The number of amidine groups is 1. The Bertz CT molecular complexity index is 1030. The number of hydrogen-bond donors (Lipinski definition) is 1. The van der Waals surface area contributed by atoms with Crippen LogP contribution in [0.15, 0.2) is 47.5 Å². The summed E-state index contributed by atoms with van der Waals surface area (Å²) in [6.45, 7) is 7.79. The molecule has 0 bridgehead atoms. The van der Waals surface area contributed by atoms with Gasteiger partial charge in [0.2, 0.25) is 11.8 Å². The summed E-state index contributed by atoms with van der Waals surface area (Å²) in [5, 5.41) is 2.94. The number of Topliss-reactive ketones (excluding diaryl/α,β-unsaturated/α-hetero) is 1. The van der Waals surface area contributed by atoms with Gasteiger partial charge in [0, 0.05) is 24.2 Å². The number of amides is 2. The van der Waals surface area contributed by atoms with Crippen molar-refractivity contribution in [3.8, 4) is 0 Å². The molecule has 2 aromatic carbocycles. The smallest absolute Gasteiger partial charge is 0.242 e. The monoisotopic (exact) mass is 423 g/mol. The highest BCUT2D eigenvalue weighted by Crippen LogP contribution is 2.32. The van der Waals surface area contributed by atoms with Crippen molar-refractivity contribution in [2.24, 2.45) is 4.99 Å². The second-order valence-corrected chi connectivity index (χ2v) is 8.36. The minimum absolute atomic E-state index is 0.0412. The van der Waals surface area contributed by atoms with Crippen LogP contribution in [0.1, 0.15) is 41.8 Å². The molecule has 7 heteroatoms. The molecule has 6 nitrogen and oxygen atoms in total. The van der Waals surface area contributed by atoms with Crippen LogP contribution in [-0.2, 0) is 9.59 Å². The predicted octanol–water partition coefficient (Wildman–Crippen LogP) is 4.49. The van der Waals surface area contributed by atoms with Crippen LogP contribution in [0.25, 0.3) is 0 Å². The maximum absolute atomic E-state index is 12.8. The highest BCUT2D eigenvalue weighted by atomic mass is 32.2. The number of benzene rings is 2. The van der Waals surface area contributed by atoms with Crippen molar-refractivity contribution in [2.75, 3.05) is 11.9 Å². The summed E-state index contributed by atoms with van der Waals surface area (Å²) in [7, 11) is 0. The van der Waals surface area contributed by atoms with Crippen LogP contribution in [0.3, 0.4) is 0 Å². The molecule has 156 valence electrons. The largest absolute Gasteiger partial charge is 0.326 e. The van der Waals surface area contributed by atoms with Gasteiger partial charge in [0.05, 0.1) is 5.69 Å². The van der Waals surface area contributed by atoms with Crippen LogP contribution in [0, 0.1) is 13.8 Å². The summed E-state index contributed by atoms with van der Waals surface area (Å²) < 4.78 is 0. The fourth-order valence-corrected chi connectivity index (χ4v) is 4.40. The Kier molecular flexibility index (Phi) is 6.72. The molecule has 2 amide bonds. The molecule has 1 heterocycles. The van der Waals surface area contributed by atoms with Crippen LogP contribution >= 0.6 is 11.8 Å². The highest BCUT2D eigenvalue weighted by molar-refractivity contribution is 8.15. The molecule has 0 aliphatic carbocycles. The zero-order valence-electron chi connectivity index (χ0n) is 17.6. The second-order valence-electron chi connectivity index (χ2n) is 7.19. The van der Waals surface area contributed by atoms with Crippen LogP contribution in [-0.4, -0.2) is 39.5 Å². The van der Waals surface area contributed by atoms with E-state index in [1.54, 1.807) is 29.2 Å². The molecule has 30 heavy (non-hydrogen) atoms. The first kappa shape index (κ1) is 21.8. The van der Waals surface area contributed by atoms with Crippen molar-refractivity contribution in [1.82, 2.24) is 4.90 Å². The first-order valence-corrected chi connectivity index (χ1v) is 10.7. The van der Waals surface area contributed by atoms with E-state index in [1.165, 1.54) is 18.7 Å². The normalized spacial score (nSPS) is 17.5. The van der Waals surface area contributed by atoms with Gasteiger partial charge in [-0.1, -0.05) is 36.0 Å². The Labute approximate surface area is 180 Å². The molecule has 0 aromatic heterocycles. The third kappa shape index (κ3) is 4.79. The van der Waals surface area contributed by atoms with Gasteiger partial charge in [-0.3, -0.25) is 19.3 Å². The second kappa shape index (κ2) is 9.26. The maximum Gasteiger partial charge on any atom is 0.242 e. The summed E-state index contributed by atoms with van der Waals surface area (Å²) in [4.78, 5) is 43.2. The van der Waals surface area contributed by atoms with E-state index in [2.05, 4.69) is 10.3 Å². The lowest BCUT2D eigenvalue weighted by Gasteiger charge is -2.14. The third-order valence-corrected chi connectivity index (χ3v) is 6.24. The minimum atomic E-state index is -0.523. The number of carbonyl (C=O) groups excluding carboxylic acids is 3. The molecule has 1 N–H and O–H groups in total. The standard InChI is InChI=1S/C23H25N3O3S/c1-5-26-22(29)20(13-21(28)25-19-11-6-8-14(2)15(19)3)30-23(26)24-18-10-7-9-17(12-18)16(4)27/h6-12,20H,5,13H2,1-4H3,(H,25,28). The van der Waals surface area contributed by atoms with E-state index in [1.807, 2.05) is 39.0 Å². The maximum atomic E-state index is 12.8. The molecule has 0 radical (unpaired) electrons. The predicted molar refractivity (Wildman–Crippen MR) is 121 cm³/mol. The van der Waals surface area contributed by atoms with E-state index in [-0.39, 0.29) is 24.0 Å². The van der Waals surface area contributed by atoms with E-state index in [0.717, 1.165) is 16.8 Å². The Morgan fingerprint density at radius 2 is 1.90 bits per heavy atom. The molecule has 1 saturated heterocycles. The number of thioether (sulfide) groups is 1. The Balaban J connectivity index is 1.75. The van der Waals surface area contributed by atoms with Gasteiger partial charge >= 0.3 is 0 Å². The lowest BCUT2D eigenvalue weighted by molar-refractivity contribution is -0.128. The number of anilines is 1. The number of rotatable bonds is 6. The van der Waals surface area contributed by atoms with Gasteiger partial charge in [-0.15, -0.1) is 0 Å². The Hall–Kier alpha value is -2.93. The molecule has 1 unspecified atom stereocenters. The first-order chi connectivity index (χ1) is 14.3. The number of aryl methyl sites for hydroxylation is 1. The van der Waals surface area contributed by atoms with E-state index in [4.69, 9.17) is 0 Å². The number of hydrogen-bond acceptors (Lipinski definition) is 5. The van der Waals surface area contributed by atoms with Gasteiger partial charge in [-0.2, -0.15) is 0 Å². The summed E-state index contributed by atoms with van der Waals surface area (Å²) in [6, 6.07) is 12.7. The lowest BCUT2D eigenvalue weighted by atomic mass is 10.1. The van der Waals surface area contributed by atoms with Crippen LogP contribution in [0.2, 0.25) is 0 Å². The van der Waals surface area contributed by atoms with Crippen molar-refractivity contribution >= 4 is 45.9 Å². The SMILES string of the molecule is CCN1C(=O)C(CC(=O)Nc2cccc(C)c2C)SC1=Nc1cccc(C(C)=O)c1.